The molecular weight excluding hydrogens is 484 g/mol. The number of rotatable bonds is 8. The van der Waals surface area contributed by atoms with E-state index < -0.39 is 0 Å². The van der Waals surface area contributed by atoms with Crippen LogP contribution in [0.2, 0.25) is 0 Å². The van der Waals surface area contributed by atoms with Crippen LogP contribution in [0.3, 0.4) is 0 Å². The normalized spacial score (nSPS) is 19.9. The smallest absolute Gasteiger partial charge is 0.308 e. The Labute approximate surface area is 221 Å². The zero-order chi connectivity index (χ0) is 27.8. The monoisotopic (exact) mass is 530 g/mol. The van der Waals surface area contributed by atoms with Crippen LogP contribution in [0, 0.1) is 23.7 Å². The zero-order valence-electron chi connectivity index (χ0n) is 23.4. The summed E-state index contributed by atoms with van der Waals surface area (Å²) in [5.74, 6) is -2.30. The van der Waals surface area contributed by atoms with E-state index >= 15 is 0 Å². The topological polar surface area (TPSA) is 121 Å². The van der Waals surface area contributed by atoms with E-state index in [9.17, 15) is 19.2 Å². The van der Waals surface area contributed by atoms with Crippen molar-refractivity contribution in [3.8, 4) is 0 Å². The minimum Gasteiger partial charge on any atom is -0.469 e. The fourth-order valence-electron chi connectivity index (χ4n) is 4.27. The second kappa shape index (κ2) is 18.1. The summed E-state index contributed by atoms with van der Waals surface area (Å²) in [4.78, 5) is 53.0. The van der Waals surface area contributed by atoms with E-state index in [2.05, 4.69) is 0 Å². The van der Waals surface area contributed by atoms with Gasteiger partial charge in [0.1, 0.15) is 0 Å². The van der Waals surface area contributed by atoms with Crippen LogP contribution in [0.25, 0.3) is 0 Å². The number of carbonyl (C=O) groups excluding carboxylic acids is 4. The lowest BCUT2D eigenvalue weighted by molar-refractivity contribution is -0.147. The highest BCUT2D eigenvalue weighted by Gasteiger charge is 2.27. The molecule has 1 rings (SSSR count). The molecule has 0 spiro atoms. The molecule has 0 N–H and O–H groups in total. The van der Waals surface area contributed by atoms with Crippen LogP contribution >= 0.6 is 0 Å². The molecule has 0 aromatic heterocycles. The van der Waals surface area contributed by atoms with E-state index in [0.717, 1.165) is 0 Å². The van der Waals surface area contributed by atoms with Crippen molar-refractivity contribution in [1.29, 1.82) is 0 Å². The quantitative estimate of drug-likeness (QED) is 0.429. The SMILES string of the molecule is COC(=O)[C@@H](C)C[C@@H](C)C(=O)N1CCOCCOCCN(C(=O)[C@@H](C)C[C@H](C)C(=O)OC)CCOCC1. The number of amides is 2. The average molecular weight is 531 g/mol. The number of esters is 2. The van der Waals surface area contributed by atoms with Crippen molar-refractivity contribution in [3.05, 3.63) is 0 Å². The highest BCUT2D eigenvalue weighted by molar-refractivity contribution is 5.80. The first-order chi connectivity index (χ1) is 17.6. The van der Waals surface area contributed by atoms with Crippen molar-refractivity contribution in [2.24, 2.45) is 23.7 Å². The van der Waals surface area contributed by atoms with Gasteiger partial charge in [-0.2, -0.15) is 0 Å². The molecule has 0 aromatic rings. The minimum atomic E-state index is -0.376. The Morgan fingerprint density at radius 1 is 0.568 bits per heavy atom. The molecule has 1 heterocycles. The average Bonchev–Trinajstić information content (AvgIpc) is 2.90. The molecule has 11 heteroatoms. The minimum absolute atomic E-state index is 0.0751. The highest BCUT2D eigenvalue weighted by Crippen LogP contribution is 2.17. The molecule has 37 heavy (non-hydrogen) atoms. The molecule has 214 valence electrons. The Morgan fingerprint density at radius 2 is 0.865 bits per heavy atom. The van der Waals surface area contributed by atoms with Crippen molar-refractivity contribution < 1.29 is 42.9 Å². The van der Waals surface area contributed by atoms with Crippen molar-refractivity contribution in [3.63, 3.8) is 0 Å². The Bertz CT molecular complexity index is 660. The lowest BCUT2D eigenvalue weighted by atomic mass is 9.96. The first-order valence-electron chi connectivity index (χ1n) is 13.1. The van der Waals surface area contributed by atoms with Crippen molar-refractivity contribution >= 4 is 23.8 Å². The van der Waals surface area contributed by atoms with Crippen LogP contribution in [0.1, 0.15) is 40.5 Å². The van der Waals surface area contributed by atoms with Crippen molar-refractivity contribution in [2.45, 2.75) is 40.5 Å². The standard InChI is InChI=1S/C26H46N2O9/c1-19(17-21(3)25(31)33-5)23(29)27-7-11-35-12-8-28(10-14-37-16-15-36-13-9-27)24(30)20(2)18-22(4)26(32)34-6/h19-22H,7-18H2,1-6H3/t19-,20+,21-,22-/m0/s1. The van der Waals surface area contributed by atoms with Crippen molar-refractivity contribution in [2.75, 3.05) is 80.0 Å². The molecule has 2 amide bonds. The predicted octanol–water partition coefficient (Wildman–Crippen LogP) is 1.38. The summed E-state index contributed by atoms with van der Waals surface area (Å²) in [5, 5.41) is 0. The maximum absolute atomic E-state index is 13.1. The van der Waals surface area contributed by atoms with E-state index in [-0.39, 0.29) is 47.4 Å². The van der Waals surface area contributed by atoms with Crippen LogP contribution in [-0.4, -0.2) is 114 Å². The second-order valence-electron chi connectivity index (χ2n) is 9.61. The third-order valence-electron chi connectivity index (χ3n) is 6.48. The third kappa shape index (κ3) is 12.2. The molecule has 1 saturated heterocycles. The Morgan fingerprint density at radius 3 is 1.16 bits per heavy atom. The van der Waals surface area contributed by atoms with Gasteiger partial charge in [0, 0.05) is 38.0 Å². The predicted molar refractivity (Wildman–Crippen MR) is 136 cm³/mol. The Kier molecular flexibility index (Phi) is 16.0. The maximum Gasteiger partial charge on any atom is 0.308 e. The van der Waals surface area contributed by atoms with E-state index in [4.69, 9.17) is 23.7 Å². The summed E-state index contributed by atoms with van der Waals surface area (Å²) >= 11 is 0. The fourth-order valence-corrected chi connectivity index (χ4v) is 4.27. The molecule has 0 aromatic carbocycles. The lowest BCUT2D eigenvalue weighted by Gasteiger charge is -2.27. The molecule has 0 radical (unpaired) electrons. The largest absolute Gasteiger partial charge is 0.469 e. The molecule has 1 fully saturated rings. The van der Waals surface area contributed by atoms with E-state index in [1.807, 2.05) is 0 Å². The van der Waals surface area contributed by atoms with Gasteiger partial charge in [-0.3, -0.25) is 19.2 Å². The molecule has 0 unspecified atom stereocenters. The van der Waals surface area contributed by atoms with Crippen LogP contribution < -0.4 is 0 Å². The summed E-state index contributed by atoms with van der Waals surface area (Å²) in [7, 11) is 2.68. The zero-order valence-corrected chi connectivity index (χ0v) is 23.4. The maximum atomic E-state index is 13.1. The van der Waals surface area contributed by atoms with Gasteiger partial charge in [-0.05, 0) is 12.8 Å². The van der Waals surface area contributed by atoms with Gasteiger partial charge in [-0.15, -0.1) is 0 Å². The molecule has 11 nitrogen and oxygen atoms in total. The van der Waals surface area contributed by atoms with Crippen LogP contribution in [-0.2, 0) is 42.9 Å². The third-order valence-corrected chi connectivity index (χ3v) is 6.48. The van der Waals surface area contributed by atoms with Crippen LogP contribution in [0.15, 0.2) is 0 Å². The summed E-state index contributed by atoms with van der Waals surface area (Å²) in [5.41, 5.74) is 0. The van der Waals surface area contributed by atoms with Gasteiger partial charge in [0.15, 0.2) is 0 Å². The van der Waals surface area contributed by atoms with Crippen LogP contribution in [0.4, 0.5) is 0 Å². The first kappa shape index (κ1) is 32.8. The van der Waals surface area contributed by atoms with Gasteiger partial charge in [0.05, 0.1) is 65.7 Å². The van der Waals surface area contributed by atoms with Crippen LogP contribution in [0.5, 0.6) is 0 Å². The van der Waals surface area contributed by atoms with Gasteiger partial charge in [0.2, 0.25) is 11.8 Å². The van der Waals surface area contributed by atoms with E-state index in [0.29, 0.717) is 78.7 Å². The number of methoxy groups -OCH3 is 2. The van der Waals surface area contributed by atoms with Crippen molar-refractivity contribution in [1.82, 2.24) is 9.80 Å². The fraction of sp³-hybridized carbons (Fsp3) is 0.846. The van der Waals surface area contributed by atoms with Gasteiger partial charge in [0.25, 0.3) is 0 Å². The van der Waals surface area contributed by atoms with E-state index in [1.165, 1.54) is 14.2 Å². The molecular formula is C26H46N2O9. The Balaban J connectivity index is 2.72. The van der Waals surface area contributed by atoms with Gasteiger partial charge in [-0.25, -0.2) is 0 Å². The highest BCUT2D eigenvalue weighted by atomic mass is 16.5. The summed E-state index contributed by atoms with van der Waals surface area (Å²) in [6, 6.07) is 0. The first-order valence-corrected chi connectivity index (χ1v) is 13.1. The number of ether oxygens (including phenoxy) is 5. The summed E-state index contributed by atoms with van der Waals surface area (Å²) in [6.45, 7) is 10.7. The van der Waals surface area contributed by atoms with Gasteiger partial charge >= 0.3 is 11.9 Å². The summed E-state index contributed by atoms with van der Waals surface area (Å²) < 4.78 is 26.6. The molecule has 0 aliphatic carbocycles. The number of hydrogen-bond donors (Lipinski definition) is 0. The number of carbonyl (C=O) groups is 4. The molecule has 0 saturated carbocycles. The molecule has 1 aliphatic rings. The second-order valence-corrected chi connectivity index (χ2v) is 9.61. The number of hydrogen-bond acceptors (Lipinski definition) is 9. The van der Waals surface area contributed by atoms with E-state index in [1.54, 1.807) is 37.5 Å². The molecule has 1 aliphatic heterocycles. The number of nitrogens with zero attached hydrogens (tertiary/aromatic N) is 2. The summed E-state index contributed by atoms with van der Waals surface area (Å²) in [6.07, 6.45) is 0.781. The molecule has 4 atom stereocenters. The van der Waals surface area contributed by atoms with Gasteiger partial charge < -0.3 is 33.5 Å². The Hall–Kier alpha value is -2.24. The lowest BCUT2D eigenvalue weighted by Crippen LogP contribution is -2.42. The van der Waals surface area contributed by atoms with Gasteiger partial charge in [-0.1, -0.05) is 27.7 Å². The molecule has 0 bridgehead atoms.